The molecule has 0 bridgehead atoms. The van der Waals surface area contributed by atoms with Gasteiger partial charge in [-0.15, -0.1) is 0 Å². The van der Waals surface area contributed by atoms with E-state index in [2.05, 4.69) is 10.3 Å². The number of imidazole rings is 1. The van der Waals surface area contributed by atoms with Gasteiger partial charge >= 0.3 is 0 Å². The normalized spacial score (nSPS) is 22.8. The Morgan fingerprint density at radius 3 is 2.90 bits per heavy atom. The number of pyridine rings is 2. The number of hydrogen-bond donors (Lipinski definition) is 1. The Kier molecular flexibility index (Phi) is 4.58. The first-order chi connectivity index (χ1) is 14.6. The first kappa shape index (κ1) is 18.9. The third-order valence-corrected chi connectivity index (χ3v) is 5.98. The fraction of sp³-hybridized carbons (Fsp3) is 0.409. The number of carbonyl (C=O) groups excluding carboxylic acids is 1. The van der Waals surface area contributed by atoms with E-state index in [-0.39, 0.29) is 11.5 Å². The van der Waals surface area contributed by atoms with Crippen molar-refractivity contribution in [3.05, 3.63) is 47.9 Å². The second-order valence-electron chi connectivity index (χ2n) is 7.83. The number of nitrogens with one attached hydrogen (secondary N) is 1. The van der Waals surface area contributed by atoms with Crippen LogP contribution in [-0.2, 0) is 4.74 Å². The zero-order chi connectivity index (χ0) is 20.7. The molecule has 5 rings (SSSR count). The molecule has 0 aromatic carbocycles. The Balaban J connectivity index is 1.43. The Labute approximate surface area is 174 Å². The van der Waals surface area contributed by atoms with Crippen molar-refractivity contribution in [1.29, 1.82) is 0 Å². The van der Waals surface area contributed by atoms with Crippen LogP contribution in [-0.4, -0.2) is 46.7 Å². The second kappa shape index (κ2) is 7.28. The number of rotatable bonds is 5. The van der Waals surface area contributed by atoms with Crippen LogP contribution in [0.5, 0.6) is 11.6 Å². The Morgan fingerprint density at radius 2 is 2.13 bits per heavy atom. The molecule has 3 aromatic rings. The molecule has 1 aliphatic carbocycles. The molecule has 1 N–H and O–H groups in total. The number of carbonyl (C=O) groups is 1. The zero-order valence-corrected chi connectivity index (χ0v) is 17.1. The van der Waals surface area contributed by atoms with Gasteiger partial charge in [-0.3, -0.25) is 4.79 Å². The van der Waals surface area contributed by atoms with Crippen LogP contribution >= 0.6 is 0 Å². The summed E-state index contributed by atoms with van der Waals surface area (Å²) in [6, 6.07) is 6.98. The van der Waals surface area contributed by atoms with E-state index in [4.69, 9.17) is 19.2 Å². The van der Waals surface area contributed by atoms with E-state index in [1.54, 1.807) is 37.6 Å². The molecule has 2 unspecified atom stereocenters. The third kappa shape index (κ3) is 3.27. The average Bonchev–Trinajstić information content (AvgIpc) is 3.29. The molecule has 1 amide bonds. The molecule has 1 saturated carbocycles. The molecular formula is C22H24N4O4. The van der Waals surface area contributed by atoms with Crippen molar-refractivity contribution >= 4 is 17.4 Å². The van der Waals surface area contributed by atoms with E-state index in [1.807, 2.05) is 10.6 Å². The summed E-state index contributed by atoms with van der Waals surface area (Å²) < 4.78 is 18.5. The molecule has 4 heterocycles. The van der Waals surface area contributed by atoms with Gasteiger partial charge in [0.1, 0.15) is 17.2 Å². The summed E-state index contributed by atoms with van der Waals surface area (Å²) in [7, 11) is 3.08. The van der Waals surface area contributed by atoms with E-state index in [0.29, 0.717) is 28.9 Å². The van der Waals surface area contributed by atoms with Crippen LogP contribution in [0, 0.1) is 0 Å². The number of fused-ring (bicyclic) bond motifs is 1. The largest absolute Gasteiger partial charge is 0.496 e. The van der Waals surface area contributed by atoms with Gasteiger partial charge in [0.2, 0.25) is 5.88 Å². The van der Waals surface area contributed by atoms with E-state index in [0.717, 1.165) is 37.2 Å². The van der Waals surface area contributed by atoms with Crippen molar-refractivity contribution in [1.82, 2.24) is 14.4 Å². The Hall–Kier alpha value is -3.13. The predicted octanol–water partition coefficient (Wildman–Crippen LogP) is 3.43. The average molecular weight is 408 g/mol. The van der Waals surface area contributed by atoms with Gasteiger partial charge < -0.3 is 23.9 Å². The second-order valence-corrected chi connectivity index (χ2v) is 7.83. The van der Waals surface area contributed by atoms with Crippen molar-refractivity contribution in [2.75, 3.05) is 26.1 Å². The lowest BCUT2D eigenvalue weighted by molar-refractivity contribution is -0.00870. The topological polar surface area (TPSA) is 87.0 Å². The van der Waals surface area contributed by atoms with Gasteiger partial charge in [0.05, 0.1) is 31.1 Å². The highest BCUT2D eigenvalue weighted by molar-refractivity contribution is 6.05. The summed E-state index contributed by atoms with van der Waals surface area (Å²) in [4.78, 5) is 21.9. The van der Waals surface area contributed by atoms with Gasteiger partial charge in [-0.2, -0.15) is 4.98 Å². The van der Waals surface area contributed by atoms with Crippen LogP contribution < -0.4 is 14.8 Å². The van der Waals surface area contributed by atoms with Crippen LogP contribution in [0.4, 0.5) is 5.82 Å². The molecule has 1 aliphatic heterocycles. The summed E-state index contributed by atoms with van der Waals surface area (Å²) in [6.45, 7) is 0.834. The summed E-state index contributed by atoms with van der Waals surface area (Å²) in [6.07, 6.45) is 8.19. The maximum absolute atomic E-state index is 12.9. The quantitative estimate of drug-likeness (QED) is 0.696. The van der Waals surface area contributed by atoms with Crippen LogP contribution in [0.1, 0.15) is 47.7 Å². The molecule has 2 fully saturated rings. The minimum Gasteiger partial charge on any atom is -0.496 e. The summed E-state index contributed by atoms with van der Waals surface area (Å²) in [5, 5.41) is 2.80. The van der Waals surface area contributed by atoms with Crippen molar-refractivity contribution in [3.8, 4) is 11.6 Å². The van der Waals surface area contributed by atoms with Crippen LogP contribution in [0.25, 0.3) is 5.65 Å². The Bertz CT molecular complexity index is 1100. The van der Waals surface area contributed by atoms with Gasteiger partial charge in [0.25, 0.3) is 5.91 Å². The molecular weight excluding hydrogens is 384 g/mol. The lowest BCUT2D eigenvalue weighted by Gasteiger charge is -2.23. The number of ether oxygens (including phenoxy) is 3. The van der Waals surface area contributed by atoms with E-state index in [1.165, 1.54) is 13.5 Å². The lowest BCUT2D eigenvalue weighted by atomic mass is 10.0. The number of methoxy groups -OCH3 is 2. The van der Waals surface area contributed by atoms with Crippen LogP contribution in [0.2, 0.25) is 0 Å². The maximum Gasteiger partial charge on any atom is 0.262 e. The first-order valence-corrected chi connectivity index (χ1v) is 10.1. The molecule has 156 valence electrons. The lowest BCUT2D eigenvalue weighted by Crippen LogP contribution is -2.22. The molecule has 2 atom stereocenters. The summed E-state index contributed by atoms with van der Waals surface area (Å²) in [5.41, 5.74) is 2.12. The van der Waals surface area contributed by atoms with Gasteiger partial charge in [-0.25, -0.2) is 4.98 Å². The van der Waals surface area contributed by atoms with E-state index in [9.17, 15) is 4.79 Å². The van der Waals surface area contributed by atoms with Gasteiger partial charge in [-0.1, -0.05) is 6.07 Å². The van der Waals surface area contributed by atoms with Crippen LogP contribution in [0.15, 0.2) is 36.7 Å². The highest BCUT2D eigenvalue weighted by Gasteiger charge is 2.57. The number of hydrogen-bond acceptors (Lipinski definition) is 6. The molecule has 2 aliphatic rings. The monoisotopic (exact) mass is 408 g/mol. The summed E-state index contributed by atoms with van der Waals surface area (Å²) >= 11 is 0. The third-order valence-electron chi connectivity index (χ3n) is 5.98. The number of aromatic nitrogens is 3. The fourth-order valence-corrected chi connectivity index (χ4v) is 4.29. The van der Waals surface area contributed by atoms with E-state index >= 15 is 0 Å². The van der Waals surface area contributed by atoms with E-state index < -0.39 is 0 Å². The molecule has 3 aromatic heterocycles. The molecule has 1 spiro atoms. The SMILES string of the molecule is COc1cccc(NC(=O)c2cn3cc(C4CC45CCCCO5)nc3cc2OC)n1. The summed E-state index contributed by atoms with van der Waals surface area (Å²) in [5.74, 6) is 1.30. The minimum atomic E-state index is -0.316. The molecule has 8 nitrogen and oxygen atoms in total. The smallest absolute Gasteiger partial charge is 0.262 e. The highest BCUT2D eigenvalue weighted by atomic mass is 16.5. The van der Waals surface area contributed by atoms with Crippen molar-refractivity contribution in [2.45, 2.75) is 37.2 Å². The predicted molar refractivity (Wildman–Crippen MR) is 110 cm³/mol. The first-order valence-electron chi connectivity index (χ1n) is 10.1. The minimum absolute atomic E-state index is 0.0293. The molecule has 8 heteroatoms. The Morgan fingerprint density at radius 1 is 1.23 bits per heavy atom. The van der Waals surface area contributed by atoms with Crippen LogP contribution in [0.3, 0.4) is 0 Å². The molecule has 30 heavy (non-hydrogen) atoms. The molecule has 0 radical (unpaired) electrons. The number of amides is 1. The maximum atomic E-state index is 12.9. The molecule has 1 saturated heterocycles. The zero-order valence-electron chi connectivity index (χ0n) is 17.1. The van der Waals surface area contributed by atoms with Gasteiger partial charge in [-0.05, 0) is 31.7 Å². The fourth-order valence-electron chi connectivity index (χ4n) is 4.29. The van der Waals surface area contributed by atoms with Gasteiger partial charge in [0.15, 0.2) is 0 Å². The van der Waals surface area contributed by atoms with Crippen molar-refractivity contribution in [3.63, 3.8) is 0 Å². The van der Waals surface area contributed by atoms with Gasteiger partial charge in [0, 0.05) is 37.1 Å². The number of anilines is 1. The number of nitrogens with zero attached hydrogens (tertiary/aromatic N) is 3. The van der Waals surface area contributed by atoms with Crippen molar-refractivity contribution in [2.24, 2.45) is 0 Å². The highest BCUT2D eigenvalue weighted by Crippen LogP contribution is 2.58. The standard InChI is InChI=1S/C22H24N4O4/c1-28-17-10-19-23-16(15-11-22(15)8-3-4-9-30-22)13-26(19)12-14(17)21(27)25-18-6-5-7-20(24-18)29-2/h5-7,10,12-13,15H,3-4,8-9,11H2,1-2H3,(H,24,25,27). The van der Waals surface area contributed by atoms with Crippen molar-refractivity contribution < 1.29 is 19.0 Å².